The largest absolute Gasteiger partial charge is 0.395 e. The van der Waals surface area contributed by atoms with Crippen LogP contribution in [0.1, 0.15) is 12.8 Å². The Bertz CT molecular complexity index is 141. The lowest BCUT2D eigenvalue weighted by atomic mass is 10.1. The van der Waals surface area contributed by atoms with Crippen LogP contribution in [-0.2, 0) is 0 Å². The Labute approximate surface area is 73.8 Å². The van der Waals surface area contributed by atoms with Crippen LogP contribution >= 0.6 is 0 Å². The minimum Gasteiger partial charge on any atom is -0.395 e. The second-order valence-corrected chi connectivity index (χ2v) is 3.87. The van der Waals surface area contributed by atoms with Crippen molar-refractivity contribution in [3.8, 4) is 0 Å². The topological polar surface area (TPSA) is 35.5 Å². The van der Waals surface area contributed by atoms with Crippen molar-refractivity contribution in [2.45, 2.75) is 18.9 Å². The van der Waals surface area contributed by atoms with Gasteiger partial charge in [-0.1, -0.05) is 0 Å². The van der Waals surface area contributed by atoms with Crippen molar-refractivity contribution in [2.75, 3.05) is 32.8 Å². The van der Waals surface area contributed by atoms with Crippen LogP contribution in [0.3, 0.4) is 0 Å². The van der Waals surface area contributed by atoms with Gasteiger partial charge in [0.2, 0.25) is 0 Å². The predicted molar refractivity (Wildman–Crippen MR) is 48.0 cm³/mol. The molecular formula is C9H18N2O. The van der Waals surface area contributed by atoms with Gasteiger partial charge >= 0.3 is 0 Å². The number of nitrogens with zero attached hydrogens (tertiary/aromatic N) is 1. The highest BCUT2D eigenvalue weighted by molar-refractivity contribution is 4.89. The Balaban J connectivity index is 1.85. The van der Waals surface area contributed by atoms with E-state index in [9.17, 15) is 5.11 Å². The van der Waals surface area contributed by atoms with E-state index in [2.05, 4.69) is 10.2 Å². The fourth-order valence-electron chi connectivity index (χ4n) is 2.06. The lowest BCUT2D eigenvalue weighted by molar-refractivity contribution is 0.0961. The van der Waals surface area contributed by atoms with Gasteiger partial charge < -0.3 is 10.4 Å². The van der Waals surface area contributed by atoms with Crippen LogP contribution in [0.4, 0.5) is 0 Å². The summed E-state index contributed by atoms with van der Waals surface area (Å²) in [5.41, 5.74) is 0. The van der Waals surface area contributed by atoms with Crippen LogP contribution in [-0.4, -0.2) is 48.8 Å². The van der Waals surface area contributed by atoms with Crippen molar-refractivity contribution in [1.29, 1.82) is 0 Å². The maximum atomic E-state index is 9.23. The molecule has 70 valence electrons. The average Bonchev–Trinajstić information content (AvgIpc) is 2.92. The summed E-state index contributed by atoms with van der Waals surface area (Å²) in [7, 11) is 0. The SMILES string of the molecule is OCC(C1CC1)N1CCNCC1. The summed E-state index contributed by atoms with van der Waals surface area (Å²) in [5, 5.41) is 12.6. The molecule has 1 saturated carbocycles. The van der Waals surface area contributed by atoms with Gasteiger partial charge in [-0.2, -0.15) is 0 Å². The molecule has 1 atom stereocenters. The molecule has 0 spiro atoms. The van der Waals surface area contributed by atoms with Gasteiger partial charge in [-0.15, -0.1) is 0 Å². The summed E-state index contributed by atoms with van der Waals surface area (Å²) < 4.78 is 0. The molecule has 0 aromatic carbocycles. The van der Waals surface area contributed by atoms with E-state index in [4.69, 9.17) is 0 Å². The maximum absolute atomic E-state index is 9.23. The van der Waals surface area contributed by atoms with Crippen molar-refractivity contribution < 1.29 is 5.11 Å². The van der Waals surface area contributed by atoms with Gasteiger partial charge in [0, 0.05) is 32.2 Å². The molecule has 0 bridgehead atoms. The molecule has 1 aliphatic carbocycles. The monoisotopic (exact) mass is 170 g/mol. The summed E-state index contributed by atoms with van der Waals surface area (Å²) in [5.74, 6) is 0.799. The lowest BCUT2D eigenvalue weighted by Crippen LogP contribution is -2.50. The molecule has 1 saturated heterocycles. The van der Waals surface area contributed by atoms with Gasteiger partial charge in [0.15, 0.2) is 0 Å². The van der Waals surface area contributed by atoms with Gasteiger partial charge in [0.1, 0.15) is 0 Å². The molecule has 3 heteroatoms. The number of aliphatic hydroxyl groups excluding tert-OH is 1. The minimum absolute atomic E-state index is 0.352. The molecule has 0 amide bonds. The second-order valence-electron chi connectivity index (χ2n) is 3.87. The molecule has 0 aromatic rings. The van der Waals surface area contributed by atoms with E-state index in [1.54, 1.807) is 0 Å². The summed E-state index contributed by atoms with van der Waals surface area (Å²) in [4.78, 5) is 2.44. The Morgan fingerprint density at radius 2 is 2.00 bits per heavy atom. The smallest absolute Gasteiger partial charge is 0.0589 e. The highest BCUT2D eigenvalue weighted by Gasteiger charge is 2.34. The molecule has 12 heavy (non-hydrogen) atoms. The first kappa shape index (κ1) is 8.48. The lowest BCUT2D eigenvalue weighted by Gasteiger charge is -2.33. The van der Waals surface area contributed by atoms with Crippen molar-refractivity contribution in [2.24, 2.45) is 5.92 Å². The summed E-state index contributed by atoms with van der Waals surface area (Å²) in [6.45, 7) is 4.75. The Hall–Kier alpha value is -0.120. The summed E-state index contributed by atoms with van der Waals surface area (Å²) in [6.07, 6.45) is 2.66. The van der Waals surface area contributed by atoms with Crippen LogP contribution < -0.4 is 5.32 Å². The quantitative estimate of drug-likeness (QED) is 0.608. The number of hydrogen-bond donors (Lipinski definition) is 2. The first-order valence-electron chi connectivity index (χ1n) is 4.97. The van der Waals surface area contributed by atoms with Gasteiger partial charge in [-0.05, 0) is 18.8 Å². The van der Waals surface area contributed by atoms with Crippen molar-refractivity contribution in [3.05, 3.63) is 0 Å². The number of rotatable bonds is 3. The number of aliphatic hydroxyl groups is 1. The third-order valence-electron chi connectivity index (χ3n) is 2.97. The van der Waals surface area contributed by atoms with Gasteiger partial charge in [0.25, 0.3) is 0 Å². The molecule has 1 unspecified atom stereocenters. The second kappa shape index (κ2) is 3.73. The van der Waals surface area contributed by atoms with E-state index in [1.165, 1.54) is 12.8 Å². The zero-order valence-electron chi connectivity index (χ0n) is 7.50. The van der Waals surface area contributed by atoms with E-state index in [-0.39, 0.29) is 0 Å². The molecule has 1 aliphatic heterocycles. The van der Waals surface area contributed by atoms with Crippen LogP contribution in [0.15, 0.2) is 0 Å². The molecule has 2 rings (SSSR count). The van der Waals surface area contributed by atoms with E-state index in [1.807, 2.05) is 0 Å². The summed E-state index contributed by atoms with van der Waals surface area (Å²) in [6, 6.07) is 0.465. The number of piperazine rings is 1. The predicted octanol–water partition coefficient (Wildman–Crippen LogP) is -0.337. The Morgan fingerprint density at radius 1 is 1.33 bits per heavy atom. The summed E-state index contributed by atoms with van der Waals surface area (Å²) >= 11 is 0. The molecule has 0 radical (unpaired) electrons. The zero-order valence-corrected chi connectivity index (χ0v) is 7.50. The van der Waals surface area contributed by atoms with Crippen LogP contribution in [0.2, 0.25) is 0 Å². The maximum Gasteiger partial charge on any atom is 0.0589 e. The fraction of sp³-hybridized carbons (Fsp3) is 1.00. The van der Waals surface area contributed by atoms with Gasteiger partial charge in [-0.3, -0.25) is 4.90 Å². The van der Waals surface area contributed by atoms with E-state index < -0.39 is 0 Å². The van der Waals surface area contributed by atoms with Gasteiger partial charge in [0.05, 0.1) is 6.61 Å². The standard InChI is InChI=1S/C9H18N2O/c12-7-9(8-1-2-8)11-5-3-10-4-6-11/h8-10,12H,1-7H2. The van der Waals surface area contributed by atoms with Crippen LogP contribution in [0, 0.1) is 5.92 Å². The Morgan fingerprint density at radius 3 is 2.50 bits per heavy atom. The number of hydrogen-bond acceptors (Lipinski definition) is 3. The molecule has 0 aromatic heterocycles. The third-order valence-corrected chi connectivity index (χ3v) is 2.97. The van der Waals surface area contributed by atoms with Crippen molar-refractivity contribution in [3.63, 3.8) is 0 Å². The average molecular weight is 170 g/mol. The zero-order chi connectivity index (χ0) is 8.39. The molecule has 1 heterocycles. The Kier molecular flexibility index (Phi) is 2.63. The highest BCUT2D eigenvalue weighted by Crippen LogP contribution is 2.35. The van der Waals surface area contributed by atoms with E-state index >= 15 is 0 Å². The fourth-order valence-corrected chi connectivity index (χ4v) is 2.06. The molecule has 3 nitrogen and oxygen atoms in total. The van der Waals surface area contributed by atoms with E-state index in [0.29, 0.717) is 12.6 Å². The van der Waals surface area contributed by atoms with Gasteiger partial charge in [-0.25, -0.2) is 0 Å². The normalized spacial score (nSPS) is 28.8. The highest BCUT2D eigenvalue weighted by atomic mass is 16.3. The molecule has 2 fully saturated rings. The van der Waals surface area contributed by atoms with Crippen molar-refractivity contribution >= 4 is 0 Å². The molecular weight excluding hydrogens is 152 g/mol. The molecule has 2 N–H and O–H groups in total. The van der Waals surface area contributed by atoms with Crippen molar-refractivity contribution in [1.82, 2.24) is 10.2 Å². The first-order chi connectivity index (χ1) is 5.92. The number of nitrogens with one attached hydrogen (secondary N) is 1. The third kappa shape index (κ3) is 1.79. The van der Waals surface area contributed by atoms with Crippen LogP contribution in [0.5, 0.6) is 0 Å². The van der Waals surface area contributed by atoms with E-state index in [0.717, 1.165) is 32.1 Å². The molecule has 2 aliphatic rings. The first-order valence-corrected chi connectivity index (χ1v) is 4.97. The van der Waals surface area contributed by atoms with Crippen LogP contribution in [0.25, 0.3) is 0 Å². The minimum atomic E-state index is 0.352.